The minimum atomic E-state index is -1.28. The number of nitrogens with zero attached hydrogens (tertiary/aromatic N) is 1. The maximum Gasteiger partial charge on any atom is 0.239 e. The Morgan fingerprint density at radius 3 is 2.58 bits per heavy atom. The summed E-state index contributed by atoms with van der Waals surface area (Å²) in [7, 11) is 0. The highest BCUT2D eigenvalue weighted by Gasteiger charge is 2.36. The number of carbonyl (C=O) groups is 2. The zero-order valence-corrected chi connectivity index (χ0v) is 14.8. The Kier molecular flexibility index (Phi) is 5.80. The summed E-state index contributed by atoms with van der Waals surface area (Å²) in [5, 5.41) is 6.16. The lowest BCUT2D eigenvalue weighted by Gasteiger charge is -2.23. The fourth-order valence-corrected chi connectivity index (χ4v) is 2.22. The van der Waals surface area contributed by atoms with Crippen LogP contribution in [-0.4, -0.2) is 16.8 Å². The molecule has 2 rings (SSSR count). The fourth-order valence-electron chi connectivity index (χ4n) is 1.88. The Hall–Kier alpha value is -2.11. The lowest BCUT2D eigenvalue weighted by atomic mass is 9.91. The van der Waals surface area contributed by atoms with Crippen LogP contribution >= 0.6 is 23.2 Å². The number of benzene rings is 1. The first kappa shape index (κ1) is 18.2. The zero-order chi connectivity index (χ0) is 17.7. The van der Waals surface area contributed by atoms with Gasteiger partial charge in [-0.15, -0.1) is 0 Å². The first-order valence-corrected chi connectivity index (χ1v) is 8.00. The molecule has 1 aromatic carbocycles. The summed E-state index contributed by atoms with van der Waals surface area (Å²) in [6, 6.07) is 8.35. The number of aromatic nitrogens is 1. The van der Waals surface area contributed by atoms with E-state index in [1.165, 1.54) is 6.07 Å². The van der Waals surface area contributed by atoms with Gasteiger partial charge in [-0.05, 0) is 43.7 Å². The average Bonchev–Trinajstić information content (AvgIpc) is 2.56. The highest BCUT2D eigenvalue weighted by molar-refractivity contribution is 6.35. The van der Waals surface area contributed by atoms with Crippen LogP contribution in [0.3, 0.4) is 0 Å². The second kappa shape index (κ2) is 7.64. The maximum absolute atomic E-state index is 12.5. The zero-order valence-electron chi connectivity index (χ0n) is 13.3. The molecule has 0 radical (unpaired) electrons. The van der Waals surface area contributed by atoms with Crippen molar-refractivity contribution in [2.45, 2.75) is 20.4 Å². The molecule has 2 amide bonds. The molecule has 24 heavy (non-hydrogen) atoms. The molecule has 2 N–H and O–H groups in total. The Morgan fingerprint density at radius 2 is 1.92 bits per heavy atom. The van der Waals surface area contributed by atoms with Crippen LogP contribution in [0.15, 0.2) is 42.7 Å². The summed E-state index contributed by atoms with van der Waals surface area (Å²) in [5.41, 5.74) is -0.0735. The number of anilines is 1. The van der Waals surface area contributed by atoms with Crippen LogP contribution in [0.25, 0.3) is 0 Å². The molecule has 0 fully saturated rings. The van der Waals surface area contributed by atoms with E-state index in [1.807, 2.05) is 6.07 Å². The normalized spacial score (nSPS) is 11.0. The fraction of sp³-hybridized carbons (Fsp3) is 0.235. The number of amides is 2. The van der Waals surface area contributed by atoms with Crippen molar-refractivity contribution >= 4 is 40.7 Å². The van der Waals surface area contributed by atoms with E-state index in [2.05, 4.69) is 15.6 Å². The molecule has 7 heteroatoms. The predicted octanol–water partition coefficient (Wildman–Crippen LogP) is 3.67. The van der Waals surface area contributed by atoms with Gasteiger partial charge < -0.3 is 10.6 Å². The molecule has 0 saturated carbocycles. The van der Waals surface area contributed by atoms with Crippen molar-refractivity contribution in [3.05, 3.63) is 58.3 Å². The van der Waals surface area contributed by atoms with Crippen molar-refractivity contribution in [2.24, 2.45) is 5.41 Å². The number of pyridine rings is 1. The van der Waals surface area contributed by atoms with Gasteiger partial charge in [-0.2, -0.15) is 0 Å². The average molecular weight is 366 g/mol. The highest BCUT2D eigenvalue weighted by Crippen LogP contribution is 2.27. The monoisotopic (exact) mass is 365 g/mol. The van der Waals surface area contributed by atoms with Crippen molar-refractivity contribution in [3.63, 3.8) is 0 Å². The predicted molar refractivity (Wildman–Crippen MR) is 95.0 cm³/mol. The molecule has 2 aromatic rings. The highest BCUT2D eigenvalue weighted by atomic mass is 35.5. The molecular weight excluding hydrogens is 349 g/mol. The van der Waals surface area contributed by atoms with E-state index in [0.717, 1.165) is 5.56 Å². The number of rotatable bonds is 5. The minimum absolute atomic E-state index is 0.293. The van der Waals surface area contributed by atoms with Crippen molar-refractivity contribution < 1.29 is 9.59 Å². The molecule has 0 aliphatic heterocycles. The van der Waals surface area contributed by atoms with E-state index >= 15 is 0 Å². The Balaban J connectivity index is 2.03. The summed E-state index contributed by atoms with van der Waals surface area (Å²) < 4.78 is 0. The molecule has 1 aromatic heterocycles. The van der Waals surface area contributed by atoms with Crippen LogP contribution in [0.1, 0.15) is 19.4 Å². The standard InChI is InChI=1S/C17H17Cl2N3O2/c1-17(2,15(23)21-10-11-4-3-7-20-9-11)16(24)22-14-8-12(18)5-6-13(14)19/h3-9H,10H2,1-2H3,(H,21,23)(H,22,24). The van der Waals surface area contributed by atoms with Gasteiger partial charge in [0.25, 0.3) is 0 Å². The Labute approximate surface area is 150 Å². The maximum atomic E-state index is 12.5. The molecule has 1 heterocycles. The van der Waals surface area contributed by atoms with Gasteiger partial charge in [-0.3, -0.25) is 14.6 Å². The van der Waals surface area contributed by atoms with E-state index in [-0.39, 0.29) is 0 Å². The summed E-state index contributed by atoms with van der Waals surface area (Å²) in [6.45, 7) is 3.38. The van der Waals surface area contributed by atoms with Gasteiger partial charge in [-0.1, -0.05) is 29.3 Å². The second-order valence-corrected chi connectivity index (χ2v) is 6.59. The Bertz CT molecular complexity index is 749. The van der Waals surface area contributed by atoms with Crippen molar-refractivity contribution in [3.8, 4) is 0 Å². The molecule has 5 nitrogen and oxygen atoms in total. The lowest BCUT2D eigenvalue weighted by Crippen LogP contribution is -2.44. The smallest absolute Gasteiger partial charge is 0.239 e. The van der Waals surface area contributed by atoms with Gasteiger partial charge in [-0.25, -0.2) is 0 Å². The third-order valence-electron chi connectivity index (χ3n) is 3.49. The summed E-state index contributed by atoms with van der Waals surface area (Å²) in [4.78, 5) is 28.8. The summed E-state index contributed by atoms with van der Waals surface area (Å²) in [5.74, 6) is -0.877. The molecule has 0 atom stereocenters. The van der Waals surface area contributed by atoms with E-state index < -0.39 is 17.2 Å². The first-order valence-electron chi connectivity index (χ1n) is 7.24. The van der Waals surface area contributed by atoms with E-state index in [1.54, 1.807) is 44.4 Å². The number of carbonyl (C=O) groups excluding carboxylic acids is 2. The van der Waals surface area contributed by atoms with Crippen LogP contribution in [-0.2, 0) is 16.1 Å². The topological polar surface area (TPSA) is 71.1 Å². The van der Waals surface area contributed by atoms with Crippen LogP contribution < -0.4 is 10.6 Å². The number of halogens is 2. The molecule has 0 saturated heterocycles. The largest absolute Gasteiger partial charge is 0.351 e. The van der Waals surface area contributed by atoms with Gasteiger partial charge in [0.05, 0.1) is 10.7 Å². The van der Waals surface area contributed by atoms with Gasteiger partial charge in [0.15, 0.2) is 0 Å². The molecule has 0 aliphatic carbocycles. The van der Waals surface area contributed by atoms with Crippen LogP contribution in [0.5, 0.6) is 0 Å². The third-order valence-corrected chi connectivity index (χ3v) is 4.05. The SMILES string of the molecule is CC(C)(C(=O)NCc1cccnc1)C(=O)Nc1cc(Cl)ccc1Cl. The van der Waals surface area contributed by atoms with E-state index in [9.17, 15) is 9.59 Å². The van der Waals surface area contributed by atoms with Gasteiger partial charge in [0.2, 0.25) is 11.8 Å². The van der Waals surface area contributed by atoms with E-state index in [0.29, 0.717) is 22.3 Å². The lowest BCUT2D eigenvalue weighted by molar-refractivity contribution is -0.138. The number of nitrogens with one attached hydrogen (secondary N) is 2. The number of hydrogen-bond donors (Lipinski definition) is 2. The van der Waals surface area contributed by atoms with Gasteiger partial charge in [0.1, 0.15) is 5.41 Å². The van der Waals surface area contributed by atoms with Crippen molar-refractivity contribution in [1.29, 1.82) is 0 Å². The van der Waals surface area contributed by atoms with Crippen LogP contribution in [0, 0.1) is 5.41 Å². The summed E-state index contributed by atoms with van der Waals surface area (Å²) in [6.07, 6.45) is 3.30. The van der Waals surface area contributed by atoms with Crippen molar-refractivity contribution in [2.75, 3.05) is 5.32 Å². The quantitative estimate of drug-likeness (QED) is 0.794. The Morgan fingerprint density at radius 1 is 1.17 bits per heavy atom. The van der Waals surface area contributed by atoms with Crippen LogP contribution in [0.2, 0.25) is 10.0 Å². The molecule has 0 bridgehead atoms. The molecule has 0 aliphatic rings. The van der Waals surface area contributed by atoms with E-state index in [4.69, 9.17) is 23.2 Å². The molecule has 0 spiro atoms. The first-order chi connectivity index (χ1) is 11.3. The van der Waals surface area contributed by atoms with Crippen LogP contribution in [0.4, 0.5) is 5.69 Å². The molecule has 0 unspecified atom stereocenters. The third kappa shape index (κ3) is 4.46. The van der Waals surface area contributed by atoms with Gasteiger partial charge in [0, 0.05) is 24.0 Å². The van der Waals surface area contributed by atoms with Crippen molar-refractivity contribution in [1.82, 2.24) is 10.3 Å². The molecule has 126 valence electrons. The second-order valence-electron chi connectivity index (χ2n) is 5.75. The number of hydrogen-bond acceptors (Lipinski definition) is 3. The minimum Gasteiger partial charge on any atom is -0.351 e. The molecular formula is C17H17Cl2N3O2. The van der Waals surface area contributed by atoms with Gasteiger partial charge >= 0.3 is 0 Å². The summed E-state index contributed by atoms with van der Waals surface area (Å²) >= 11 is 11.9.